The molecule has 1 aromatic rings. The lowest BCUT2D eigenvalue weighted by Gasteiger charge is -2.32. The van der Waals surface area contributed by atoms with Crippen LogP contribution in [-0.4, -0.2) is 18.0 Å². The molecule has 0 saturated carbocycles. The molecular weight excluding hydrogens is 204 g/mol. The Morgan fingerprint density at radius 3 is 2.62 bits per heavy atom. The molecule has 1 fully saturated rings. The summed E-state index contributed by atoms with van der Waals surface area (Å²) in [5.74, 6) is 0.712. The highest BCUT2D eigenvalue weighted by atomic mass is 16.6. The van der Waals surface area contributed by atoms with Crippen LogP contribution in [0.3, 0.4) is 0 Å². The van der Waals surface area contributed by atoms with Crippen molar-refractivity contribution in [3.8, 4) is 0 Å². The van der Waals surface area contributed by atoms with Gasteiger partial charge >= 0.3 is 0 Å². The largest absolute Gasteiger partial charge is 0.371 e. The molecule has 2 rings (SSSR count). The number of nitro groups is 1. The Morgan fingerprint density at radius 1 is 1.38 bits per heavy atom. The van der Waals surface area contributed by atoms with Gasteiger partial charge in [0.25, 0.3) is 5.69 Å². The first-order valence-corrected chi connectivity index (χ1v) is 5.66. The Labute approximate surface area is 95.0 Å². The standard InChI is InChI=1S/C12H16N2O2/c1-10-3-2-8-13(9-10)11-4-6-12(7-5-11)14(15)16/h4-7,10H,2-3,8-9H2,1H3/t10-/m1/s1. The van der Waals surface area contributed by atoms with Crippen molar-refractivity contribution in [2.75, 3.05) is 18.0 Å². The second-order valence-corrected chi connectivity index (χ2v) is 4.47. The third kappa shape index (κ3) is 2.32. The van der Waals surface area contributed by atoms with Gasteiger partial charge < -0.3 is 4.90 Å². The predicted octanol–water partition coefficient (Wildman–Crippen LogP) is 2.83. The van der Waals surface area contributed by atoms with Crippen LogP contribution in [0.25, 0.3) is 0 Å². The van der Waals surface area contributed by atoms with Crippen molar-refractivity contribution in [1.82, 2.24) is 0 Å². The van der Waals surface area contributed by atoms with E-state index in [1.54, 1.807) is 12.1 Å². The van der Waals surface area contributed by atoms with Gasteiger partial charge in [-0.2, -0.15) is 0 Å². The lowest BCUT2D eigenvalue weighted by Crippen LogP contribution is -2.34. The quantitative estimate of drug-likeness (QED) is 0.568. The van der Waals surface area contributed by atoms with Crippen molar-refractivity contribution in [3.05, 3.63) is 34.4 Å². The van der Waals surface area contributed by atoms with Crippen LogP contribution < -0.4 is 4.90 Å². The molecule has 1 aliphatic heterocycles. The molecule has 1 saturated heterocycles. The zero-order valence-corrected chi connectivity index (χ0v) is 9.43. The number of piperidine rings is 1. The van der Waals surface area contributed by atoms with Crippen LogP contribution in [0.1, 0.15) is 19.8 Å². The predicted molar refractivity (Wildman–Crippen MR) is 63.7 cm³/mol. The van der Waals surface area contributed by atoms with Gasteiger partial charge in [-0.3, -0.25) is 10.1 Å². The van der Waals surface area contributed by atoms with E-state index < -0.39 is 0 Å². The van der Waals surface area contributed by atoms with E-state index >= 15 is 0 Å². The second-order valence-electron chi connectivity index (χ2n) is 4.47. The summed E-state index contributed by atoms with van der Waals surface area (Å²) in [7, 11) is 0. The normalized spacial score (nSPS) is 20.8. The van der Waals surface area contributed by atoms with Crippen LogP contribution in [-0.2, 0) is 0 Å². The number of anilines is 1. The van der Waals surface area contributed by atoms with Gasteiger partial charge in [0.05, 0.1) is 4.92 Å². The van der Waals surface area contributed by atoms with Crippen LogP contribution in [0.4, 0.5) is 11.4 Å². The fourth-order valence-corrected chi connectivity index (χ4v) is 2.21. The topological polar surface area (TPSA) is 46.4 Å². The summed E-state index contributed by atoms with van der Waals surface area (Å²) in [5, 5.41) is 10.5. The number of hydrogen-bond donors (Lipinski definition) is 0. The molecule has 4 heteroatoms. The van der Waals surface area contributed by atoms with Gasteiger partial charge in [0.15, 0.2) is 0 Å². The Balaban J connectivity index is 2.11. The van der Waals surface area contributed by atoms with E-state index in [-0.39, 0.29) is 10.6 Å². The Hall–Kier alpha value is -1.58. The van der Waals surface area contributed by atoms with E-state index in [1.165, 1.54) is 12.8 Å². The first kappa shape index (κ1) is 10.9. The SMILES string of the molecule is C[C@@H]1CCCN(c2ccc([N+](=O)[O-])cc2)C1. The molecule has 1 atom stereocenters. The molecule has 86 valence electrons. The molecule has 1 heterocycles. The van der Waals surface area contributed by atoms with Crippen molar-refractivity contribution in [2.24, 2.45) is 5.92 Å². The summed E-state index contributed by atoms with van der Waals surface area (Å²) in [4.78, 5) is 12.5. The Morgan fingerprint density at radius 2 is 2.06 bits per heavy atom. The highest BCUT2D eigenvalue weighted by molar-refractivity contribution is 5.51. The third-order valence-corrected chi connectivity index (χ3v) is 3.08. The number of nitrogens with zero attached hydrogens (tertiary/aromatic N) is 2. The van der Waals surface area contributed by atoms with Crippen molar-refractivity contribution >= 4 is 11.4 Å². The molecule has 16 heavy (non-hydrogen) atoms. The molecule has 0 unspecified atom stereocenters. The molecule has 0 spiro atoms. The van der Waals surface area contributed by atoms with Gasteiger partial charge in [-0.25, -0.2) is 0 Å². The summed E-state index contributed by atoms with van der Waals surface area (Å²) in [6.07, 6.45) is 2.49. The number of rotatable bonds is 2. The smallest absolute Gasteiger partial charge is 0.269 e. The maximum absolute atomic E-state index is 10.5. The molecule has 0 aromatic heterocycles. The first-order valence-electron chi connectivity index (χ1n) is 5.66. The number of hydrogen-bond acceptors (Lipinski definition) is 3. The van der Waals surface area contributed by atoms with Crippen LogP contribution in [0, 0.1) is 16.0 Å². The zero-order chi connectivity index (χ0) is 11.5. The van der Waals surface area contributed by atoms with Crippen LogP contribution in [0.2, 0.25) is 0 Å². The van der Waals surface area contributed by atoms with Gasteiger partial charge in [0, 0.05) is 30.9 Å². The van der Waals surface area contributed by atoms with Gasteiger partial charge in [-0.05, 0) is 30.9 Å². The highest BCUT2D eigenvalue weighted by Crippen LogP contribution is 2.24. The summed E-state index contributed by atoms with van der Waals surface area (Å²) < 4.78 is 0. The minimum atomic E-state index is -0.359. The zero-order valence-electron chi connectivity index (χ0n) is 9.43. The second kappa shape index (κ2) is 4.51. The summed E-state index contributed by atoms with van der Waals surface area (Å²) in [6.45, 7) is 4.36. The molecule has 0 aliphatic carbocycles. The summed E-state index contributed by atoms with van der Waals surface area (Å²) in [5.41, 5.74) is 1.26. The lowest BCUT2D eigenvalue weighted by molar-refractivity contribution is -0.384. The van der Waals surface area contributed by atoms with E-state index in [4.69, 9.17) is 0 Å². The van der Waals surface area contributed by atoms with Crippen LogP contribution in [0.5, 0.6) is 0 Å². The molecule has 4 nitrogen and oxygen atoms in total. The number of benzene rings is 1. The van der Waals surface area contributed by atoms with Crippen molar-refractivity contribution in [2.45, 2.75) is 19.8 Å². The molecule has 0 N–H and O–H groups in total. The van der Waals surface area contributed by atoms with Crippen molar-refractivity contribution in [3.63, 3.8) is 0 Å². The average Bonchev–Trinajstić information content (AvgIpc) is 2.29. The first-order chi connectivity index (χ1) is 7.66. The third-order valence-electron chi connectivity index (χ3n) is 3.08. The van der Waals surface area contributed by atoms with E-state index in [9.17, 15) is 10.1 Å². The van der Waals surface area contributed by atoms with Gasteiger partial charge in [0.1, 0.15) is 0 Å². The van der Waals surface area contributed by atoms with Crippen LogP contribution >= 0.6 is 0 Å². The number of non-ortho nitro benzene ring substituents is 1. The number of nitro benzene ring substituents is 1. The Kier molecular flexibility index (Phi) is 3.08. The van der Waals surface area contributed by atoms with Crippen LogP contribution in [0.15, 0.2) is 24.3 Å². The summed E-state index contributed by atoms with van der Waals surface area (Å²) >= 11 is 0. The van der Waals surface area contributed by atoms with Gasteiger partial charge in [-0.1, -0.05) is 6.92 Å². The van der Waals surface area contributed by atoms with E-state index in [2.05, 4.69) is 11.8 Å². The van der Waals surface area contributed by atoms with Crippen molar-refractivity contribution in [1.29, 1.82) is 0 Å². The van der Waals surface area contributed by atoms with E-state index in [0.717, 1.165) is 18.8 Å². The fraction of sp³-hybridized carbons (Fsp3) is 0.500. The molecule has 0 amide bonds. The highest BCUT2D eigenvalue weighted by Gasteiger charge is 2.17. The molecule has 0 bridgehead atoms. The summed E-state index contributed by atoms with van der Waals surface area (Å²) in [6, 6.07) is 6.84. The maximum Gasteiger partial charge on any atom is 0.269 e. The molecule has 0 radical (unpaired) electrons. The average molecular weight is 220 g/mol. The maximum atomic E-state index is 10.5. The van der Waals surface area contributed by atoms with E-state index in [0.29, 0.717) is 5.92 Å². The fourth-order valence-electron chi connectivity index (χ4n) is 2.21. The molecule has 1 aliphatic rings. The van der Waals surface area contributed by atoms with Gasteiger partial charge in [-0.15, -0.1) is 0 Å². The minimum Gasteiger partial charge on any atom is -0.371 e. The molecule has 1 aromatic carbocycles. The van der Waals surface area contributed by atoms with Crippen molar-refractivity contribution < 1.29 is 4.92 Å². The molecular formula is C12H16N2O2. The Bertz CT molecular complexity index is 375. The van der Waals surface area contributed by atoms with Gasteiger partial charge in [0.2, 0.25) is 0 Å². The minimum absolute atomic E-state index is 0.161. The lowest BCUT2D eigenvalue weighted by atomic mass is 10.00. The van der Waals surface area contributed by atoms with E-state index in [1.807, 2.05) is 12.1 Å². The monoisotopic (exact) mass is 220 g/mol.